The number of likely N-dealkylation sites (N-methyl/N-ethyl adjacent to an activating group) is 1. The van der Waals surface area contributed by atoms with Crippen LogP contribution in [-0.4, -0.2) is 35.6 Å². The molecule has 2 rings (SSSR count). The van der Waals surface area contributed by atoms with Crippen LogP contribution >= 0.6 is 23.1 Å². The molecule has 6 heteroatoms. The molecule has 15 heavy (non-hydrogen) atoms. The molecule has 0 saturated carbocycles. The lowest BCUT2D eigenvalue weighted by Crippen LogP contribution is -2.43. The number of hydrogen-bond donors (Lipinski definition) is 1. The predicted molar refractivity (Wildman–Crippen MR) is 64.5 cm³/mol. The minimum Gasteiger partial charge on any atom is -0.296 e. The number of carbonyl (C=O) groups excluding carboxylic acids is 1. The Balaban J connectivity index is 2.06. The van der Waals surface area contributed by atoms with Gasteiger partial charge in [-0.15, -0.1) is 23.1 Å². The van der Waals surface area contributed by atoms with E-state index in [-0.39, 0.29) is 11.9 Å². The molecule has 1 N–H and O–H groups in total. The van der Waals surface area contributed by atoms with E-state index in [2.05, 4.69) is 10.3 Å². The average Bonchev–Trinajstić information content (AvgIpc) is 2.85. The average molecular weight is 243 g/mol. The van der Waals surface area contributed by atoms with Gasteiger partial charge in [0.1, 0.15) is 0 Å². The zero-order valence-electron chi connectivity index (χ0n) is 8.69. The van der Waals surface area contributed by atoms with Gasteiger partial charge in [-0.2, -0.15) is 0 Å². The highest BCUT2D eigenvalue weighted by atomic mass is 32.2. The fraction of sp³-hybridized carbons (Fsp3) is 0.556. The van der Waals surface area contributed by atoms with E-state index in [4.69, 9.17) is 0 Å². The van der Waals surface area contributed by atoms with Gasteiger partial charge in [0, 0.05) is 24.1 Å². The van der Waals surface area contributed by atoms with Gasteiger partial charge >= 0.3 is 0 Å². The Bertz CT molecular complexity index is 360. The number of thioether (sulfide) groups is 1. The molecule has 0 radical (unpaired) electrons. The van der Waals surface area contributed by atoms with Gasteiger partial charge in [-0.05, 0) is 6.92 Å². The van der Waals surface area contributed by atoms with Crippen LogP contribution in [0.15, 0.2) is 5.38 Å². The summed E-state index contributed by atoms with van der Waals surface area (Å²) in [6.07, 6.45) is 0. The van der Waals surface area contributed by atoms with E-state index in [0.717, 1.165) is 22.5 Å². The number of nitrogens with zero attached hydrogens (tertiary/aromatic N) is 2. The minimum absolute atomic E-state index is 0.0517. The predicted octanol–water partition coefficient (Wildman–Crippen LogP) is 1.08. The first-order chi connectivity index (χ1) is 7.18. The van der Waals surface area contributed by atoms with Crippen molar-refractivity contribution in [1.82, 2.24) is 10.3 Å². The Labute approximate surface area is 97.1 Å². The lowest BCUT2D eigenvalue weighted by molar-refractivity contribution is -0.119. The SMILES string of the molecule is Cc1csc(N(C)C(=O)C2CSCN2)n1. The van der Waals surface area contributed by atoms with Crippen LogP contribution in [0.25, 0.3) is 0 Å². The van der Waals surface area contributed by atoms with Crippen molar-refractivity contribution in [2.24, 2.45) is 0 Å². The van der Waals surface area contributed by atoms with Crippen LogP contribution in [0.5, 0.6) is 0 Å². The summed E-state index contributed by atoms with van der Waals surface area (Å²) >= 11 is 3.26. The van der Waals surface area contributed by atoms with Gasteiger partial charge in [0.25, 0.3) is 0 Å². The molecular weight excluding hydrogens is 230 g/mol. The van der Waals surface area contributed by atoms with Crippen LogP contribution in [0.3, 0.4) is 0 Å². The van der Waals surface area contributed by atoms with E-state index < -0.39 is 0 Å². The summed E-state index contributed by atoms with van der Waals surface area (Å²) in [5.74, 6) is 1.82. The molecule has 0 aliphatic carbocycles. The lowest BCUT2D eigenvalue weighted by Gasteiger charge is -2.17. The standard InChI is InChI=1S/C9H13N3OS2/c1-6-3-15-9(11-6)12(2)8(13)7-4-14-5-10-7/h3,7,10H,4-5H2,1-2H3. The van der Waals surface area contributed by atoms with Gasteiger partial charge in [-0.25, -0.2) is 4.98 Å². The maximum Gasteiger partial charge on any atom is 0.246 e. The van der Waals surface area contributed by atoms with Crippen LogP contribution in [0, 0.1) is 6.92 Å². The van der Waals surface area contributed by atoms with E-state index in [1.165, 1.54) is 11.3 Å². The van der Waals surface area contributed by atoms with E-state index in [1.54, 1.807) is 23.7 Å². The Hall–Kier alpha value is -0.590. The Morgan fingerprint density at radius 2 is 2.53 bits per heavy atom. The maximum atomic E-state index is 12.0. The molecule has 0 aromatic carbocycles. The number of anilines is 1. The molecule has 1 aliphatic heterocycles. The molecule has 2 heterocycles. The second-order valence-electron chi connectivity index (χ2n) is 3.44. The van der Waals surface area contributed by atoms with Crippen LogP contribution in [0.2, 0.25) is 0 Å². The second kappa shape index (κ2) is 4.51. The molecule has 4 nitrogen and oxygen atoms in total. The molecule has 1 atom stereocenters. The third kappa shape index (κ3) is 2.32. The Kier molecular flexibility index (Phi) is 3.28. The van der Waals surface area contributed by atoms with Gasteiger partial charge in [0.2, 0.25) is 5.91 Å². The third-order valence-corrected chi connectivity index (χ3v) is 4.21. The van der Waals surface area contributed by atoms with Gasteiger partial charge in [-0.1, -0.05) is 0 Å². The quantitative estimate of drug-likeness (QED) is 0.844. The molecular formula is C9H13N3OS2. The molecule has 1 saturated heterocycles. The van der Waals surface area contributed by atoms with Crippen molar-refractivity contribution >= 4 is 34.1 Å². The van der Waals surface area contributed by atoms with Crippen molar-refractivity contribution in [3.05, 3.63) is 11.1 Å². The number of hydrogen-bond acceptors (Lipinski definition) is 5. The molecule has 1 aromatic rings. The smallest absolute Gasteiger partial charge is 0.246 e. The van der Waals surface area contributed by atoms with Crippen LogP contribution in [0.1, 0.15) is 5.69 Å². The topological polar surface area (TPSA) is 45.2 Å². The van der Waals surface area contributed by atoms with Crippen molar-refractivity contribution < 1.29 is 4.79 Å². The largest absolute Gasteiger partial charge is 0.296 e. The van der Waals surface area contributed by atoms with E-state index in [1.807, 2.05) is 12.3 Å². The molecule has 1 amide bonds. The highest BCUT2D eigenvalue weighted by Gasteiger charge is 2.27. The third-order valence-electron chi connectivity index (χ3n) is 2.24. The molecule has 0 spiro atoms. The van der Waals surface area contributed by atoms with Gasteiger partial charge in [0.05, 0.1) is 11.7 Å². The van der Waals surface area contributed by atoms with E-state index in [9.17, 15) is 4.79 Å². The van der Waals surface area contributed by atoms with Crippen molar-refractivity contribution in [3.8, 4) is 0 Å². The second-order valence-corrected chi connectivity index (χ2v) is 5.31. The van der Waals surface area contributed by atoms with Crippen LogP contribution < -0.4 is 10.2 Å². The van der Waals surface area contributed by atoms with E-state index >= 15 is 0 Å². The lowest BCUT2D eigenvalue weighted by atomic mass is 10.3. The van der Waals surface area contributed by atoms with Gasteiger partial charge in [-0.3, -0.25) is 15.0 Å². The summed E-state index contributed by atoms with van der Waals surface area (Å²) in [5.41, 5.74) is 0.961. The number of aryl methyl sites for hydroxylation is 1. The zero-order chi connectivity index (χ0) is 10.8. The number of rotatable bonds is 2. The van der Waals surface area contributed by atoms with Crippen molar-refractivity contribution in [3.63, 3.8) is 0 Å². The number of amides is 1. The fourth-order valence-electron chi connectivity index (χ4n) is 1.38. The first kappa shape index (κ1) is 10.9. The summed E-state index contributed by atoms with van der Waals surface area (Å²) in [6.45, 7) is 1.93. The Morgan fingerprint density at radius 3 is 3.07 bits per heavy atom. The molecule has 0 bridgehead atoms. The summed E-state index contributed by atoms with van der Waals surface area (Å²) in [4.78, 5) is 17.9. The summed E-state index contributed by atoms with van der Waals surface area (Å²) in [7, 11) is 1.78. The summed E-state index contributed by atoms with van der Waals surface area (Å²) < 4.78 is 0. The van der Waals surface area contributed by atoms with Crippen LogP contribution in [-0.2, 0) is 4.79 Å². The van der Waals surface area contributed by atoms with Crippen molar-refractivity contribution in [2.75, 3.05) is 23.6 Å². The van der Waals surface area contributed by atoms with Crippen molar-refractivity contribution in [1.29, 1.82) is 0 Å². The van der Waals surface area contributed by atoms with E-state index in [0.29, 0.717) is 0 Å². The number of nitrogens with one attached hydrogen (secondary N) is 1. The number of thiazole rings is 1. The highest BCUT2D eigenvalue weighted by molar-refractivity contribution is 7.99. The van der Waals surface area contributed by atoms with Gasteiger partial charge in [0.15, 0.2) is 5.13 Å². The summed E-state index contributed by atoms with van der Waals surface area (Å²) in [6, 6.07) is -0.0517. The highest BCUT2D eigenvalue weighted by Crippen LogP contribution is 2.21. The monoisotopic (exact) mass is 243 g/mol. The molecule has 1 aromatic heterocycles. The number of carbonyl (C=O) groups is 1. The molecule has 1 aliphatic rings. The summed E-state index contributed by atoms with van der Waals surface area (Å²) in [5, 5.41) is 5.89. The van der Waals surface area contributed by atoms with Gasteiger partial charge < -0.3 is 0 Å². The first-order valence-electron chi connectivity index (χ1n) is 4.69. The first-order valence-corrected chi connectivity index (χ1v) is 6.73. The molecule has 1 fully saturated rings. The maximum absolute atomic E-state index is 12.0. The molecule has 1 unspecified atom stereocenters. The fourth-order valence-corrected chi connectivity index (χ4v) is 3.08. The molecule has 82 valence electrons. The Morgan fingerprint density at radius 1 is 1.73 bits per heavy atom. The normalized spacial score (nSPS) is 20.5. The minimum atomic E-state index is -0.0517. The number of aromatic nitrogens is 1. The van der Waals surface area contributed by atoms with Crippen molar-refractivity contribution in [2.45, 2.75) is 13.0 Å². The van der Waals surface area contributed by atoms with Crippen LogP contribution in [0.4, 0.5) is 5.13 Å². The zero-order valence-corrected chi connectivity index (χ0v) is 10.3.